The zero-order valence-corrected chi connectivity index (χ0v) is 11.1. The number of carbonyl (C=O) groups excluding carboxylic acids is 1. The van der Waals surface area contributed by atoms with Gasteiger partial charge >= 0.3 is 5.97 Å². The lowest BCUT2D eigenvalue weighted by atomic mass is 9.78. The normalized spacial score (nSPS) is 22.8. The number of benzene rings is 1. The number of carbonyl (C=O) groups is 2. The monoisotopic (exact) mass is 261 g/mol. The largest absolute Gasteiger partial charge is 0.481 e. The van der Waals surface area contributed by atoms with Crippen LogP contribution in [-0.4, -0.2) is 17.0 Å². The molecule has 0 saturated heterocycles. The summed E-state index contributed by atoms with van der Waals surface area (Å²) in [5.74, 6) is -1.98. The molecular weight excluding hydrogens is 242 g/mol. The van der Waals surface area contributed by atoms with Crippen molar-refractivity contribution in [2.45, 2.75) is 32.6 Å². The number of hydrogen-bond acceptors (Lipinski definition) is 2. The molecule has 4 heteroatoms. The second-order valence-corrected chi connectivity index (χ2v) is 5.19. The SMILES string of the molecule is Cc1cccc(NC(=O)[C@H]2CCCC[C@@H]2C(=O)O)c1. The predicted octanol–water partition coefficient (Wildman–Crippen LogP) is 2.82. The molecule has 4 nitrogen and oxygen atoms in total. The molecule has 2 atom stereocenters. The van der Waals surface area contributed by atoms with Crippen molar-refractivity contribution in [2.24, 2.45) is 11.8 Å². The van der Waals surface area contributed by atoms with Crippen molar-refractivity contribution in [3.05, 3.63) is 29.8 Å². The summed E-state index contributed by atoms with van der Waals surface area (Å²) < 4.78 is 0. The predicted molar refractivity (Wildman–Crippen MR) is 72.9 cm³/mol. The summed E-state index contributed by atoms with van der Waals surface area (Å²) in [6, 6.07) is 7.54. The van der Waals surface area contributed by atoms with Gasteiger partial charge in [0.1, 0.15) is 0 Å². The Morgan fingerprint density at radius 2 is 1.89 bits per heavy atom. The van der Waals surface area contributed by atoms with Crippen molar-refractivity contribution >= 4 is 17.6 Å². The maximum atomic E-state index is 12.2. The van der Waals surface area contributed by atoms with Crippen LogP contribution >= 0.6 is 0 Å². The van der Waals surface area contributed by atoms with Gasteiger partial charge in [0.2, 0.25) is 5.91 Å². The maximum absolute atomic E-state index is 12.2. The molecule has 0 heterocycles. The fourth-order valence-corrected chi connectivity index (χ4v) is 2.70. The molecule has 0 aromatic heterocycles. The molecule has 1 aromatic carbocycles. The van der Waals surface area contributed by atoms with E-state index < -0.39 is 17.8 Å². The number of aryl methyl sites for hydroxylation is 1. The van der Waals surface area contributed by atoms with Crippen LogP contribution in [0.1, 0.15) is 31.2 Å². The molecule has 2 rings (SSSR count). The second-order valence-electron chi connectivity index (χ2n) is 5.19. The molecule has 1 amide bonds. The van der Waals surface area contributed by atoms with Gasteiger partial charge in [-0.3, -0.25) is 9.59 Å². The van der Waals surface area contributed by atoms with E-state index in [9.17, 15) is 14.7 Å². The number of hydrogen-bond donors (Lipinski definition) is 2. The molecule has 0 radical (unpaired) electrons. The van der Waals surface area contributed by atoms with E-state index in [1.807, 2.05) is 31.2 Å². The van der Waals surface area contributed by atoms with Crippen LogP contribution in [0.15, 0.2) is 24.3 Å². The molecule has 0 bridgehead atoms. The van der Waals surface area contributed by atoms with Crippen LogP contribution < -0.4 is 5.32 Å². The van der Waals surface area contributed by atoms with Crippen molar-refractivity contribution in [3.63, 3.8) is 0 Å². The van der Waals surface area contributed by atoms with Crippen LogP contribution in [0.5, 0.6) is 0 Å². The Kier molecular flexibility index (Phi) is 4.20. The van der Waals surface area contributed by atoms with Crippen molar-refractivity contribution in [1.82, 2.24) is 0 Å². The zero-order chi connectivity index (χ0) is 13.8. The Labute approximate surface area is 112 Å². The van der Waals surface area contributed by atoms with Crippen molar-refractivity contribution in [1.29, 1.82) is 0 Å². The first-order chi connectivity index (χ1) is 9.08. The number of nitrogens with one attached hydrogen (secondary N) is 1. The van der Waals surface area contributed by atoms with Gasteiger partial charge in [0.05, 0.1) is 11.8 Å². The number of anilines is 1. The van der Waals surface area contributed by atoms with E-state index in [0.29, 0.717) is 12.8 Å². The third-order valence-electron chi connectivity index (χ3n) is 3.71. The molecule has 1 aliphatic carbocycles. The third-order valence-corrected chi connectivity index (χ3v) is 3.71. The summed E-state index contributed by atoms with van der Waals surface area (Å²) >= 11 is 0. The van der Waals surface area contributed by atoms with E-state index in [4.69, 9.17) is 0 Å². The van der Waals surface area contributed by atoms with E-state index in [0.717, 1.165) is 24.1 Å². The maximum Gasteiger partial charge on any atom is 0.307 e. The molecule has 2 N–H and O–H groups in total. The molecular formula is C15H19NO3. The second kappa shape index (κ2) is 5.87. The van der Waals surface area contributed by atoms with Crippen LogP contribution in [-0.2, 0) is 9.59 Å². The van der Waals surface area contributed by atoms with Crippen LogP contribution in [0, 0.1) is 18.8 Å². The fourth-order valence-electron chi connectivity index (χ4n) is 2.70. The standard InChI is InChI=1S/C15H19NO3/c1-10-5-4-6-11(9-10)16-14(17)12-7-2-3-8-13(12)15(18)19/h4-6,9,12-13H,2-3,7-8H2,1H3,(H,16,17)(H,18,19)/t12-,13-/m0/s1. The smallest absolute Gasteiger partial charge is 0.307 e. The Bertz CT molecular complexity index is 484. The molecule has 19 heavy (non-hydrogen) atoms. The zero-order valence-electron chi connectivity index (χ0n) is 11.1. The van der Waals surface area contributed by atoms with Crippen LogP contribution in [0.2, 0.25) is 0 Å². The van der Waals surface area contributed by atoms with Gasteiger partial charge in [0, 0.05) is 5.69 Å². The molecule has 1 aliphatic rings. The average molecular weight is 261 g/mol. The number of amides is 1. The fraction of sp³-hybridized carbons (Fsp3) is 0.467. The Balaban J connectivity index is 2.07. The Morgan fingerprint density at radius 1 is 1.21 bits per heavy atom. The van der Waals surface area contributed by atoms with Crippen LogP contribution in [0.25, 0.3) is 0 Å². The topological polar surface area (TPSA) is 66.4 Å². The van der Waals surface area contributed by atoms with E-state index >= 15 is 0 Å². The van der Waals surface area contributed by atoms with Crippen LogP contribution in [0.3, 0.4) is 0 Å². The van der Waals surface area contributed by atoms with Crippen molar-refractivity contribution in [3.8, 4) is 0 Å². The average Bonchev–Trinajstić information content (AvgIpc) is 2.38. The van der Waals surface area contributed by atoms with Crippen molar-refractivity contribution < 1.29 is 14.7 Å². The first-order valence-electron chi connectivity index (χ1n) is 6.68. The minimum absolute atomic E-state index is 0.169. The molecule has 0 spiro atoms. The first-order valence-corrected chi connectivity index (χ1v) is 6.68. The van der Waals surface area contributed by atoms with Gasteiger partial charge in [-0.15, -0.1) is 0 Å². The molecule has 0 aliphatic heterocycles. The van der Waals surface area contributed by atoms with Gasteiger partial charge in [0.25, 0.3) is 0 Å². The minimum atomic E-state index is -0.857. The number of carboxylic acids is 1. The van der Waals surface area contributed by atoms with E-state index in [1.54, 1.807) is 0 Å². The number of rotatable bonds is 3. The summed E-state index contributed by atoms with van der Waals surface area (Å²) in [5.41, 5.74) is 1.80. The lowest BCUT2D eigenvalue weighted by molar-refractivity contribution is -0.147. The van der Waals surface area contributed by atoms with E-state index in [1.165, 1.54) is 0 Å². The van der Waals surface area contributed by atoms with Gasteiger partial charge in [-0.25, -0.2) is 0 Å². The van der Waals surface area contributed by atoms with Gasteiger partial charge in [-0.05, 0) is 37.5 Å². The lowest BCUT2D eigenvalue weighted by Gasteiger charge is -2.27. The van der Waals surface area contributed by atoms with E-state index in [2.05, 4.69) is 5.32 Å². The quantitative estimate of drug-likeness (QED) is 0.879. The summed E-state index contributed by atoms with van der Waals surface area (Å²) in [6.45, 7) is 1.95. The summed E-state index contributed by atoms with van der Waals surface area (Å²) in [6.07, 6.45) is 3.08. The van der Waals surface area contributed by atoms with Gasteiger partial charge in [0.15, 0.2) is 0 Å². The van der Waals surface area contributed by atoms with Crippen molar-refractivity contribution in [2.75, 3.05) is 5.32 Å². The number of aliphatic carboxylic acids is 1. The van der Waals surface area contributed by atoms with Gasteiger partial charge < -0.3 is 10.4 Å². The highest BCUT2D eigenvalue weighted by molar-refractivity contribution is 5.95. The minimum Gasteiger partial charge on any atom is -0.481 e. The highest BCUT2D eigenvalue weighted by Crippen LogP contribution is 2.31. The van der Waals surface area contributed by atoms with Gasteiger partial charge in [-0.1, -0.05) is 25.0 Å². The van der Waals surface area contributed by atoms with Gasteiger partial charge in [-0.2, -0.15) is 0 Å². The Hall–Kier alpha value is -1.84. The molecule has 1 fully saturated rings. The summed E-state index contributed by atoms with van der Waals surface area (Å²) in [4.78, 5) is 23.4. The molecule has 0 unspecified atom stereocenters. The lowest BCUT2D eigenvalue weighted by Crippen LogP contribution is -2.36. The number of carboxylic acid groups (broad SMARTS) is 1. The summed E-state index contributed by atoms with van der Waals surface area (Å²) in [5, 5.41) is 12.0. The first kappa shape index (κ1) is 13.6. The third kappa shape index (κ3) is 3.34. The molecule has 1 saturated carbocycles. The highest BCUT2D eigenvalue weighted by atomic mass is 16.4. The Morgan fingerprint density at radius 3 is 2.53 bits per heavy atom. The van der Waals surface area contributed by atoms with E-state index in [-0.39, 0.29) is 5.91 Å². The molecule has 1 aromatic rings. The van der Waals surface area contributed by atoms with Crippen LogP contribution in [0.4, 0.5) is 5.69 Å². The molecule has 102 valence electrons. The highest BCUT2D eigenvalue weighted by Gasteiger charge is 2.35. The summed E-state index contributed by atoms with van der Waals surface area (Å²) in [7, 11) is 0.